The Hall–Kier alpha value is -13.1. The van der Waals surface area contributed by atoms with Crippen molar-refractivity contribution >= 4 is 200 Å². The number of halogens is 13. The third-order valence-electron chi connectivity index (χ3n) is 19.1. The second kappa shape index (κ2) is 38.8. The topological polar surface area (TPSA) is 447 Å². The first kappa shape index (κ1) is 96.5. The number of carbonyl (C=O) groups excluding carboxylic acids is 4. The summed E-state index contributed by atoms with van der Waals surface area (Å²) < 4.78 is 204. The number of rotatable bonds is 23. The first-order chi connectivity index (χ1) is 62.3. The van der Waals surface area contributed by atoms with E-state index in [-0.39, 0.29) is 109 Å². The predicted octanol–water partition coefficient (Wildman–Crippen LogP) is 19.4. The van der Waals surface area contributed by atoms with Gasteiger partial charge >= 0.3 is 12.4 Å². The molecule has 0 atom stereocenters. The minimum absolute atomic E-state index is 0.0176. The number of carbonyl (C=O) groups is 4. The fourth-order valence-corrected chi connectivity index (χ4v) is 18.7. The maximum atomic E-state index is 13.6. The maximum absolute atomic E-state index is 13.6. The fraction of sp³-hybridized carbons (Fsp3) is 0.0952. The summed E-state index contributed by atoms with van der Waals surface area (Å²) in [6, 6.07) is 27.5. The van der Waals surface area contributed by atoms with Gasteiger partial charge in [0.25, 0.3) is 40.1 Å². The van der Waals surface area contributed by atoms with Gasteiger partial charge in [0.05, 0.1) is 121 Å². The van der Waals surface area contributed by atoms with Crippen LogP contribution in [0.3, 0.4) is 0 Å². The van der Waals surface area contributed by atoms with E-state index in [1.54, 1.807) is 56.7 Å². The SMILES string of the molecule is CCc1cc(S(=O)(=O)Nc2cc(Cl)cnc2C(=O)c2ccnc3[nH]ccc23)ccc1Cl.COc1cn(O)c2nccc-2c1C(=O)c1ncc(C)cc1NS(=O)(=O)c1ccc(Cl)c(C(F)(F)F)c1.COc1cnc2[nH]ccc2c1C(=O)c1ncc(C)cc1NS(=O)(=O)c1ccc(Cl)c(C(F)(F)F)c1.O=C(c1ncc(Cl)cc1NS(=O)(=O)c1ccc(Cl)c(Cl)c1)c1ccnc2[nH]ccc12. The number of pyridine rings is 8. The van der Waals surface area contributed by atoms with Crippen molar-refractivity contribution in [1.29, 1.82) is 0 Å². The van der Waals surface area contributed by atoms with Crippen LogP contribution in [0.15, 0.2) is 227 Å². The molecule has 0 unspecified atom stereocenters. The van der Waals surface area contributed by atoms with Crippen LogP contribution in [0.4, 0.5) is 49.1 Å². The van der Waals surface area contributed by atoms with Gasteiger partial charge in [-0.15, -0.1) is 0 Å². The molecule has 0 saturated carbocycles. The van der Waals surface area contributed by atoms with Gasteiger partial charge in [-0.1, -0.05) is 88.1 Å². The van der Waals surface area contributed by atoms with Crippen LogP contribution in [0.1, 0.15) is 98.9 Å². The normalized spacial score (nSPS) is 11.8. The van der Waals surface area contributed by atoms with E-state index >= 15 is 0 Å². The van der Waals surface area contributed by atoms with Gasteiger partial charge in [0, 0.05) is 99.8 Å². The number of alkyl halides is 6. The number of hydrogen-bond donors (Lipinski definition) is 8. The lowest BCUT2D eigenvalue weighted by molar-refractivity contribution is -0.138. The lowest BCUT2D eigenvalue weighted by Crippen LogP contribution is -2.19. The Labute approximate surface area is 778 Å². The number of H-pyrrole nitrogens is 3. The van der Waals surface area contributed by atoms with E-state index < -0.39 is 107 Å². The molecule has 132 heavy (non-hydrogen) atoms. The van der Waals surface area contributed by atoms with Crippen LogP contribution in [0.25, 0.3) is 44.5 Å². The summed E-state index contributed by atoms with van der Waals surface area (Å²) in [5.74, 6) is -2.31. The van der Waals surface area contributed by atoms with Gasteiger partial charge in [0.1, 0.15) is 45.5 Å². The van der Waals surface area contributed by atoms with Crippen LogP contribution in [0.2, 0.25) is 35.2 Å². The molecule has 680 valence electrons. The van der Waals surface area contributed by atoms with E-state index in [2.05, 4.69) is 73.7 Å². The van der Waals surface area contributed by atoms with E-state index in [0.717, 1.165) is 30.5 Å². The minimum Gasteiger partial charge on any atom is -0.494 e. The van der Waals surface area contributed by atoms with Crippen molar-refractivity contribution in [2.45, 2.75) is 59.1 Å². The minimum atomic E-state index is -4.89. The molecule has 0 amide bonds. The Morgan fingerprint density at radius 2 is 0.788 bits per heavy atom. The van der Waals surface area contributed by atoms with Crippen molar-refractivity contribution in [3.63, 3.8) is 0 Å². The number of benzene rings is 4. The predicted molar refractivity (Wildman–Crippen MR) is 481 cm³/mol. The molecule has 0 bridgehead atoms. The average Bonchev–Trinajstić information content (AvgIpc) is 1.40. The summed E-state index contributed by atoms with van der Waals surface area (Å²) >= 11 is 41.2. The Morgan fingerprint density at radius 1 is 0.409 bits per heavy atom. The quantitative estimate of drug-likeness (QED) is 0.0167. The highest BCUT2D eigenvalue weighted by atomic mass is 35.5. The van der Waals surface area contributed by atoms with Crippen molar-refractivity contribution in [1.82, 2.24) is 59.6 Å². The molecular formula is C84H59Cl7F6N16O15S4. The smallest absolute Gasteiger partial charge is 0.417 e. The van der Waals surface area contributed by atoms with Crippen molar-refractivity contribution < 1.29 is 93.9 Å². The van der Waals surface area contributed by atoms with E-state index in [1.807, 2.05) is 6.92 Å². The zero-order chi connectivity index (χ0) is 95.6. The van der Waals surface area contributed by atoms with Crippen LogP contribution in [0.5, 0.6) is 11.5 Å². The summed E-state index contributed by atoms with van der Waals surface area (Å²) in [6.07, 6.45) is 7.68. The second-order valence-corrected chi connectivity index (χ2v) is 37.5. The van der Waals surface area contributed by atoms with Gasteiger partial charge in [-0.05, 0) is 170 Å². The van der Waals surface area contributed by atoms with Crippen molar-refractivity contribution in [2.75, 3.05) is 33.1 Å². The lowest BCUT2D eigenvalue weighted by atomic mass is 10.0. The molecule has 0 fully saturated rings. The summed E-state index contributed by atoms with van der Waals surface area (Å²) in [7, 11) is -14.7. The van der Waals surface area contributed by atoms with Crippen LogP contribution in [-0.2, 0) is 58.9 Å². The van der Waals surface area contributed by atoms with E-state index in [0.29, 0.717) is 89.2 Å². The van der Waals surface area contributed by atoms with Gasteiger partial charge < -0.3 is 29.6 Å². The number of aryl methyl sites for hydroxylation is 3. The zero-order valence-corrected chi connectivity index (χ0v) is 76.1. The molecule has 0 saturated heterocycles. The number of aromatic amines is 3. The van der Waals surface area contributed by atoms with Crippen LogP contribution < -0.4 is 28.4 Å². The zero-order valence-electron chi connectivity index (χ0n) is 67.6. The summed E-state index contributed by atoms with van der Waals surface area (Å²) in [6.45, 7) is 5.07. The number of anilines is 4. The molecule has 31 nitrogen and oxygen atoms in total. The number of ether oxygens (including phenoxy) is 2. The van der Waals surface area contributed by atoms with Crippen LogP contribution in [0, 0.1) is 13.8 Å². The molecule has 14 aromatic rings. The van der Waals surface area contributed by atoms with Crippen molar-refractivity contribution in [3.8, 4) is 22.9 Å². The molecule has 0 spiro atoms. The molecule has 48 heteroatoms. The Balaban J connectivity index is 0.000000150. The molecule has 4 aromatic carbocycles. The summed E-state index contributed by atoms with van der Waals surface area (Å²) in [5, 5.41) is 11.5. The number of aromatic nitrogens is 12. The summed E-state index contributed by atoms with van der Waals surface area (Å²) in [5.41, 5.74) is -0.0825. The van der Waals surface area contributed by atoms with Gasteiger partial charge in [0.2, 0.25) is 23.1 Å². The Kier molecular flexibility index (Phi) is 28.3. The highest BCUT2D eigenvalue weighted by Gasteiger charge is 2.38. The molecular weight excluding hydrogens is 1960 g/mol. The third-order valence-corrected chi connectivity index (χ3v) is 26.8. The number of fused-ring (bicyclic) bond motifs is 4. The fourth-order valence-electron chi connectivity index (χ4n) is 12.9. The summed E-state index contributed by atoms with van der Waals surface area (Å²) in [4.78, 5) is 93.5. The number of sulfonamides is 4. The number of methoxy groups -OCH3 is 2. The Bertz CT molecular complexity index is 7770. The molecule has 12 heterocycles. The second-order valence-electron chi connectivity index (χ2n) is 27.9. The van der Waals surface area contributed by atoms with Crippen molar-refractivity contribution in [3.05, 3.63) is 316 Å². The standard InChI is InChI=1S/C22H16ClF3N4O5S.C22H16ClF3N4O4S.C21H16Cl2N4O3S.C19H11Cl3N4O3S/c1-11-7-16(29-36(33,34)12-3-4-15(23)14(8-12)22(24,25)26)19(28-9-11)20(31)18-13-5-6-27-21(13)30(32)10-17(18)35-2;1-11-7-16(30-35(32,33)12-3-4-15(23)14(8-12)22(24,25)26)19(28-9-11)20(31)18-13-5-6-27-21(13)29-10-17(18)34-2;1-2-12-9-14(3-4-17(12)23)31(29,30)27-18-10-13(22)11-26-19(18)20(28)15-5-7-24-21-16(15)6-8-25-21;20-10-7-16(26-30(28,29)11-1-2-14(21)15(22)8-11)17(25-9-10)18(27)12-3-5-23-19-13(12)4-6-24-19/h3-10,29,32H,1-2H3;3-10,30H,1-2H3,(H,27,29);3-11,27H,2H2,1H3,(H,24,25);1-9,26H,(H,23,24). The average molecular weight is 2020 g/mol. The highest BCUT2D eigenvalue weighted by Crippen LogP contribution is 2.42. The van der Waals surface area contributed by atoms with Gasteiger partial charge in [0.15, 0.2) is 11.6 Å². The molecule has 0 radical (unpaired) electrons. The molecule has 0 aliphatic carbocycles. The molecule has 10 aromatic heterocycles. The number of nitrogens with zero attached hydrogens (tertiary/aromatic N) is 9. The maximum Gasteiger partial charge on any atom is 0.417 e. The Morgan fingerprint density at radius 3 is 1.22 bits per heavy atom. The third kappa shape index (κ3) is 20.9. The van der Waals surface area contributed by atoms with Gasteiger partial charge in [-0.2, -0.15) is 31.1 Å². The molecule has 8 N–H and O–H groups in total. The number of hydrogen-bond acceptors (Lipinski definition) is 23. The van der Waals surface area contributed by atoms with E-state index in [4.69, 9.17) is 90.7 Å². The van der Waals surface area contributed by atoms with Crippen LogP contribution in [-0.4, -0.2) is 136 Å². The van der Waals surface area contributed by atoms with Gasteiger partial charge in [-0.3, -0.25) is 48.0 Å². The van der Waals surface area contributed by atoms with Crippen molar-refractivity contribution in [2.24, 2.45) is 0 Å². The number of nitrogens with one attached hydrogen (secondary N) is 7. The van der Waals surface area contributed by atoms with E-state index in [1.165, 1.54) is 137 Å². The molecule has 2 aliphatic heterocycles. The largest absolute Gasteiger partial charge is 0.494 e. The van der Waals surface area contributed by atoms with Crippen LogP contribution >= 0.6 is 81.2 Å². The first-order valence-corrected chi connectivity index (χ1v) is 46.0. The highest BCUT2D eigenvalue weighted by molar-refractivity contribution is 7.93. The monoisotopic (exact) mass is 2020 g/mol. The van der Waals surface area contributed by atoms with Gasteiger partial charge in [-0.25, -0.2) is 63.6 Å². The molecule has 2 aliphatic rings. The number of ketones is 4. The lowest BCUT2D eigenvalue weighted by Gasteiger charge is -2.17. The first-order valence-electron chi connectivity index (χ1n) is 37.4. The molecule has 16 rings (SSSR count). The van der Waals surface area contributed by atoms with E-state index in [9.17, 15) is 84.4 Å².